The molecule has 0 spiro atoms. The Hall–Kier alpha value is -2.01. The third-order valence-corrected chi connectivity index (χ3v) is 3.96. The van der Waals surface area contributed by atoms with Gasteiger partial charge in [-0.05, 0) is 41.8 Å². The number of ether oxygens (including phenoxy) is 2. The Labute approximate surface area is 138 Å². The maximum absolute atomic E-state index is 10.9. The van der Waals surface area contributed by atoms with Gasteiger partial charge in [0.15, 0.2) is 11.5 Å². The lowest BCUT2D eigenvalue weighted by atomic mass is 9.98. The quantitative estimate of drug-likeness (QED) is 0.765. The summed E-state index contributed by atoms with van der Waals surface area (Å²) in [5, 5.41) is 2.86. The second kappa shape index (κ2) is 7.84. The summed E-state index contributed by atoms with van der Waals surface area (Å²) in [6.45, 7) is 0. The highest BCUT2D eigenvalue weighted by molar-refractivity contribution is 9.10. The monoisotopic (exact) mass is 363 g/mol. The fourth-order valence-corrected chi connectivity index (χ4v) is 2.55. The van der Waals surface area contributed by atoms with Gasteiger partial charge in [0.25, 0.3) is 0 Å². The Morgan fingerprint density at radius 1 is 1.09 bits per heavy atom. The van der Waals surface area contributed by atoms with Crippen LogP contribution in [0.4, 0.5) is 0 Å². The van der Waals surface area contributed by atoms with Gasteiger partial charge in [-0.2, -0.15) is 0 Å². The minimum atomic E-state index is -0.126. The molecular formula is C17H18BrNO3. The molecule has 0 aliphatic heterocycles. The Morgan fingerprint density at radius 2 is 1.77 bits per heavy atom. The van der Waals surface area contributed by atoms with Crippen molar-refractivity contribution in [2.75, 3.05) is 14.2 Å². The van der Waals surface area contributed by atoms with E-state index in [9.17, 15) is 4.79 Å². The second-order valence-corrected chi connectivity index (χ2v) is 5.70. The number of halogens is 1. The highest BCUT2D eigenvalue weighted by Crippen LogP contribution is 2.31. The van der Waals surface area contributed by atoms with E-state index in [4.69, 9.17) is 9.47 Å². The molecule has 1 unspecified atom stereocenters. The van der Waals surface area contributed by atoms with E-state index in [0.29, 0.717) is 17.9 Å². The maximum Gasteiger partial charge on any atom is 0.207 e. The van der Waals surface area contributed by atoms with Crippen LogP contribution in [0.3, 0.4) is 0 Å². The van der Waals surface area contributed by atoms with Crippen LogP contribution in [0.25, 0.3) is 0 Å². The van der Waals surface area contributed by atoms with E-state index in [1.165, 1.54) is 0 Å². The van der Waals surface area contributed by atoms with Crippen LogP contribution in [0.15, 0.2) is 46.9 Å². The lowest BCUT2D eigenvalue weighted by Crippen LogP contribution is -2.21. The highest BCUT2D eigenvalue weighted by atomic mass is 79.9. The van der Waals surface area contributed by atoms with Crippen molar-refractivity contribution >= 4 is 22.3 Å². The average molecular weight is 364 g/mol. The first-order valence-electron chi connectivity index (χ1n) is 6.84. The Balaban J connectivity index is 2.27. The van der Waals surface area contributed by atoms with E-state index in [-0.39, 0.29) is 6.04 Å². The number of rotatable bonds is 7. The van der Waals surface area contributed by atoms with Crippen molar-refractivity contribution in [2.45, 2.75) is 12.5 Å². The summed E-state index contributed by atoms with van der Waals surface area (Å²) in [5.41, 5.74) is 2.10. The number of methoxy groups -OCH3 is 2. The van der Waals surface area contributed by atoms with Crippen LogP contribution in [-0.4, -0.2) is 20.6 Å². The molecule has 0 aromatic heterocycles. The molecule has 0 bridgehead atoms. The first-order valence-corrected chi connectivity index (χ1v) is 7.63. The van der Waals surface area contributed by atoms with E-state index >= 15 is 0 Å². The lowest BCUT2D eigenvalue weighted by Gasteiger charge is -2.18. The summed E-state index contributed by atoms with van der Waals surface area (Å²) < 4.78 is 11.6. The highest BCUT2D eigenvalue weighted by Gasteiger charge is 2.14. The summed E-state index contributed by atoms with van der Waals surface area (Å²) in [4.78, 5) is 10.9. The summed E-state index contributed by atoms with van der Waals surface area (Å²) in [6, 6.07) is 13.6. The molecule has 1 N–H and O–H groups in total. The molecule has 0 aliphatic carbocycles. The topological polar surface area (TPSA) is 47.6 Å². The Kier molecular flexibility index (Phi) is 5.83. The van der Waals surface area contributed by atoms with Crippen molar-refractivity contribution in [1.29, 1.82) is 0 Å². The molecule has 0 saturated heterocycles. The van der Waals surface area contributed by atoms with E-state index in [1.54, 1.807) is 14.2 Å². The summed E-state index contributed by atoms with van der Waals surface area (Å²) in [5.74, 6) is 1.31. The molecule has 0 radical (unpaired) electrons. The number of nitrogens with one attached hydrogen (secondary N) is 1. The standard InChI is InChI=1S/C17H18BrNO3/c1-21-16-8-5-13(10-17(16)22-2)15(19-11-20)9-12-3-6-14(18)7-4-12/h3-8,10-11,15H,9H2,1-2H3,(H,19,20). The number of hydrogen-bond acceptors (Lipinski definition) is 3. The number of hydrogen-bond donors (Lipinski definition) is 1. The molecule has 0 heterocycles. The molecule has 4 nitrogen and oxygen atoms in total. The van der Waals surface area contributed by atoms with Gasteiger partial charge in [0.2, 0.25) is 6.41 Å². The van der Waals surface area contributed by atoms with Gasteiger partial charge in [-0.1, -0.05) is 34.1 Å². The first-order chi connectivity index (χ1) is 10.7. The molecule has 2 aromatic carbocycles. The van der Waals surface area contributed by atoms with Crippen LogP contribution >= 0.6 is 15.9 Å². The Bertz CT molecular complexity index is 628. The van der Waals surface area contributed by atoms with Gasteiger partial charge in [0, 0.05) is 4.47 Å². The van der Waals surface area contributed by atoms with E-state index < -0.39 is 0 Å². The maximum atomic E-state index is 10.9. The Morgan fingerprint density at radius 3 is 2.36 bits per heavy atom. The van der Waals surface area contributed by atoms with Gasteiger partial charge < -0.3 is 14.8 Å². The predicted octanol–water partition coefficient (Wildman–Crippen LogP) is 3.50. The van der Waals surface area contributed by atoms with Crippen molar-refractivity contribution in [3.63, 3.8) is 0 Å². The average Bonchev–Trinajstić information content (AvgIpc) is 2.55. The molecule has 116 valence electrons. The molecule has 2 rings (SSSR count). The molecule has 0 aliphatic rings. The van der Waals surface area contributed by atoms with Gasteiger partial charge >= 0.3 is 0 Å². The largest absolute Gasteiger partial charge is 0.493 e. The number of carbonyl (C=O) groups is 1. The zero-order chi connectivity index (χ0) is 15.9. The summed E-state index contributed by atoms with van der Waals surface area (Å²) >= 11 is 3.42. The first kappa shape index (κ1) is 16.4. The summed E-state index contributed by atoms with van der Waals surface area (Å²) in [6.07, 6.45) is 1.42. The van der Waals surface area contributed by atoms with Crippen molar-refractivity contribution in [3.8, 4) is 11.5 Å². The zero-order valence-corrected chi connectivity index (χ0v) is 14.1. The third kappa shape index (κ3) is 4.01. The minimum absolute atomic E-state index is 0.126. The van der Waals surface area contributed by atoms with Gasteiger partial charge in [-0.3, -0.25) is 4.79 Å². The molecule has 1 atom stereocenters. The molecule has 2 aromatic rings. The van der Waals surface area contributed by atoms with Crippen LogP contribution < -0.4 is 14.8 Å². The third-order valence-electron chi connectivity index (χ3n) is 3.43. The smallest absolute Gasteiger partial charge is 0.207 e. The van der Waals surface area contributed by atoms with Crippen molar-refractivity contribution < 1.29 is 14.3 Å². The SMILES string of the molecule is COc1ccc(C(Cc2ccc(Br)cc2)NC=O)cc1OC. The van der Waals surface area contributed by atoms with Gasteiger partial charge in [-0.15, -0.1) is 0 Å². The molecule has 0 saturated carbocycles. The van der Waals surface area contributed by atoms with Crippen LogP contribution in [0.2, 0.25) is 0 Å². The van der Waals surface area contributed by atoms with Gasteiger partial charge in [0.1, 0.15) is 0 Å². The number of benzene rings is 2. The van der Waals surface area contributed by atoms with Crippen molar-refractivity contribution in [3.05, 3.63) is 58.1 Å². The fraction of sp³-hybridized carbons (Fsp3) is 0.235. The zero-order valence-electron chi connectivity index (χ0n) is 12.5. The predicted molar refractivity (Wildman–Crippen MR) is 89.3 cm³/mol. The summed E-state index contributed by atoms with van der Waals surface area (Å²) in [7, 11) is 3.19. The molecule has 22 heavy (non-hydrogen) atoms. The molecular weight excluding hydrogens is 346 g/mol. The normalized spacial score (nSPS) is 11.6. The van der Waals surface area contributed by atoms with Crippen LogP contribution in [-0.2, 0) is 11.2 Å². The molecule has 5 heteroatoms. The molecule has 0 fully saturated rings. The van der Waals surface area contributed by atoms with E-state index in [0.717, 1.165) is 22.0 Å². The van der Waals surface area contributed by atoms with Crippen LogP contribution in [0, 0.1) is 0 Å². The fourth-order valence-electron chi connectivity index (χ4n) is 2.28. The van der Waals surface area contributed by atoms with E-state index in [2.05, 4.69) is 21.2 Å². The second-order valence-electron chi connectivity index (χ2n) is 4.78. The number of carbonyl (C=O) groups excluding carboxylic acids is 1. The van der Waals surface area contributed by atoms with Gasteiger partial charge in [0.05, 0.1) is 20.3 Å². The van der Waals surface area contributed by atoms with Crippen LogP contribution in [0.1, 0.15) is 17.2 Å². The molecule has 1 amide bonds. The van der Waals surface area contributed by atoms with Crippen LogP contribution in [0.5, 0.6) is 11.5 Å². The minimum Gasteiger partial charge on any atom is -0.493 e. The lowest BCUT2D eigenvalue weighted by molar-refractivity contribution is -0.110. The number of amides is 1. The van der Waals surface area contributed by atoms with Gasteiger partial charge in [-0.25, -0.2) is 0 Å². The van der Waals surface area contributed by atoms with Crippen molar-refractivity contribution in [1.82, 2.24) is 5.32 Å². The van der Waals surface area contributed by atoms with E-state index in [1.807, 2.05) is 42.5 Å². The van der Waals surface area contributed by atoms with Crippen molar-refractivity contribution in [2.24, 2.45) is 0 Å².